The van der Waals surface area contributed by atoms with Crippen molar-refractivity contribution in [3.05, 3.63) is 0 Å². The van der Waals surface area contributed by atoms with Crippen LogP contribution in [0.5, 0.6) is 0 Å². The molecule has 3 saturated heterocycles. The molecule has 12 heavy (non-hydrogen) atoms. The number of urea groups is 1. The molecule has 2 bridgehead atoms. The average molecular weight is 167 g/mol. The van der Waals surface area contributed by atoms with Crippen LogP contribution in [0.1, 0.15) is 6.42 Å². The highest BCUT2D eigenvalue weighted by molar-refractivity contribution is 6.05. The van der Waals surface area contributed by atoms with Crippen LogP contribution >= 0.6 is 0 Å². The van der Waals surface area contributed by atoms with E-state index in [0.717, 1.165) is 13.0 Å². The highest BCUT2D eigenvalue weighted by Crippen LogP contribution is 2.32. The molecule has 3 aliphatic rings. The van der Waals surface area contributed by atoms with E-state index in [9.17, 15) is 9.59 Å². The summed E-state index contributed by atoms with van der Waals surface area (Å²) in [6, 6.07) is 0.00292. The maximum atomic E-state index is 11.2. The van der Waals surface area contributed by atoms with Crippen molar-refractivity contribution in [2.24, 2.45) is 0 Å². The van der Waals surface area contributed by atoms with Crippen molar-refractivity contribution in [1.82, 2.24) is 15.5 Å². The van der Waals surface area contributed by atoms with Crippen molar-refractivity contribution >= 4 is 11.9 Å². The summed E-state index contributed by atoms with van der Waals surface area (Å²) in [6.07, 6.45) is 0.934. The molecule has 64 valence electrons. The van der Waals surface area contributed by atoms with Gasteiger partial charge in [0.2, 0.25) is 0 Å². The summed E-state index contributed by atoms with van der Waals surface area (Å²) in [5.74, 6) is -0.139. The fraction of sp³-hybridized carbons (Fsp3) is 0.714. The second kappa shape index (κ2) is 1.80. The van der Waals surface area contributed by atoms with Crippen molar-refractivity contribution in [2.45, 2.75) is 24.5 Å². The minimum absolute atomic E-state index is 0.139. The average Bonchev–Trinajstić information content (AvgIpc) is 2.64. The molecule has 3 unspecified atom stereocenters. The standard InChI is InChI=1S/C7H9N3O2/c11-6-5-4-1-3(2-8-4)10(5)7(12)9-6/h3-5,8H,1-2H2,(H,9,11,12). The summed E-state index contributed by atoms with van der Waals surface area (Å²) in [5, 5.41) is 5.55. The molecule has 5 heteroatoms. The molecule has 0 aromatic heterocycles. The Kier molecular flexibility index (Phi) is 0.960. The quantitative estimate of drug-likeness (QED) is 0.438. The molecule has 0 aliphatic carbocycles. The number of nitrogens with one attached hydrogen (secondary N) is 2. The number of nitrogens with zero attached hydrogens (tertiary/aromatic N) is 1. The van der Waals surface area contributed by atoms with Gasteiger partial charge >= 0.3 is 6.03 Å². The number of carbonyl (C=O) groups excluding carboxylic acids is 2. The third kappa shape index (κ3) is 0.546. The highest BCUT2D eigenvalue weighted by Gasteiger charge is 2.55. The third-order valence-electron chi connectivity index (χ3n) is 2.95. The molecular weight excluding hydrogens is 158 g/mol. The number of rotatable bonds is 0. The third-order valence-corrected chi connectivity index (χ3v) is 2.95. The van der Waals surface area contributed by atoms with E-state index in [4.69, 9.17) is 0 Å². The van der Waals surface area contributed by atoms with Gasteiger partial charge in [0, 0.05) is 18.6 Å². The van der Waals surface area contributed by atoms with Gasteiger partial charge in [-0.1, -0.05) is 0 Å². The van der Waals surface area contributed by atoms with Crippen LogP contribution in [-0.2, 0) is 4.79 Å². The van der Waals surface area contributed by atoms with Gasteiger partial charge in [0.15, 0.2) is 0 Å². The van der Waals surface area contributed by atoms with E-state index in [1.165, 1.54) is 0 Å². The van der Waals surface area contributed by atoms with Gasteiger partial charge in [0.25, 0.3) is 5.91 Å². The Morgan fingerprint density at radius 2 is 2.25 bits per heavy atom. The summed E-state index contributed by atoms with van der Waals surface area (Å²) < 4.78 is 0. The van der Waals surface area contributed by atoms with Crippen LogP contribution in [0.15, 0.2) is 0 Å². The van der Waals surface area contributed by atoms with Gasteiger partial charge in [0.05, 0.1) is 0 Å². The minimum Gasteiger partial charge on any atom is -0.309 e. The first kappa shape index (κ1) is 6.42. The van der Waals surface area contributed by atoms with Crippen LogP contribution in [0.25, 0.3) is 0 Å². The van der Waals surface area contributed by atoms with Gasteiger partial charge in [-0.15, -0.1) is 0 Å². The van der Waals surface area contributed by atoms with Crippen LogP contribution in [0.2, 0.25) is 0 Å². The lowest BCUT2D eigenvalue weighted by atomic mass is 10.1. The Balaban J connectivity index is 2.03. The van der Waals surface area contributed by atoms with Crippen molar-refractivity contribution < 1.29 is 9.59 Å². The molecule has 3 aliphatic heterocycles. The number of carbonyl (C=O) groups is 2. The first-order valence-corrected chi connectivity index (χ1v) is 4.14. The Labute approximate surface area is 69.1 Å². The molecular formula is C7H9N3O2. The van der Waals surface area contributed by atoms with Crippen molar-refractivity contribution in [2.75, 3.05) is 6.54 Å². The monoisotopic (exact) mass is 167 g/mol. The molecule has 2 N–H and O–H groups in total. The second-order valence-electron chi connectivity index (χ2n) is 3.55. The number of fused-ring (bicyclic) bond motifs is 5. The first-order chi connectivity index (χ1) is 5.77. The SMILES string of the molecule is O=C1NC(=O)N2C3CNC(C3)C12. The zero-order valence-corrected chi connectivity index (χ0v) is 6.41. The first-order valence-electron chi connectivity index (χ1n) is 4.14. The molecule has 3 rings (SSSR count). The normalized spacial score (nSPS) is 43.7. The van der Waals surface area contributed by atoms with Gasteiger partial charge in [0.1, 0.15) is 6.04 Å². The molecule has 3 heterocycles. The summed E-state index contributed by atoms with van der Waals surface area (Å²) >= 11 is 0. The summed E-state index contributed by atoms with van der Waals surface area (Å²) in [7, 11) is 0. The van der Waals surface area contributed by atoms with Crippen LogP contribution in [0, 0.1) is 0 Å². The lowest BCUT2D eigenvalue weighted by Gasteiger charge is -2.26. The Bertz CT molecular complexity index is 252. The van der Waals surface area contributed by atoms with Gasteiger partial charge in [-0.2, -0.15) is 0 Å². The molecule has 5 nitrogen and oxygen atoms in total. The smallest absolute Gasteiger partial charge is 0.309 e. The van der Waals surface area contributed by atoms with Gasteiger partial charge < -0.3 is 10.2 Å². The molecule has 0 aromatic carbocycles. The Hall–Kier alpha value is -1.10. The fourth-order valence-electron chi connectivity index (χ4n) is 2.47. The van der Waals surface area contributed by atoms with Crippen molar-refractivity contribution in [3.63, 3.8) is 0 Å². The van der Waals surface area contributed by atoms with E-state index in [-0.39, 0.29) is 30.1 Å². The largest absolute Gasteiger partial charge is 0.325 e. The van der Waals surface area contributed by atoms with Crippen molar-refractivity contribution in [3.8, 4) is 0 Å². The molecule has 3 fully saturated rings. The highest BCUT2D eigenvalue weighted by atomic mass is 16.2. The molecule has 0 saturated carbocycles. The number of amides is 3. The molecule has 0 aromatic rings. The van der Waals surface area contributed by atoms with Gasteiger partial charge in [-0.25, -0.2) is 4.79 Å². The zero-order chi connectivity index (χ0) is 8.29. The van der Waals surface area contributed by atoms with E-state index < -0.39 is 0 Å². The zero-order valence-electron chi connectivity index (χ0n) is 6.41. The van der Waals surface area contributed by atoms with Crippen LogP contribution in [0.4, 0.5) is 4.79 Å². The predicted molar refractivity (Wildman–Crippen MR) is 39.4 cm³/mol. The number of imide groups is 1. The number of piperazine rings is 1. The maximum Gasteiger partial charge on any atom is 0.325 e. The predicted octanol–water partition coefficient (Wildman–Crippen LogP) is -1.35. The van der Waals surface area contributed by atoms with Crippen LogP contribution in [0.3, 0.4) is 0 Å². The van der Waals surface area contributed by atoms with Crippen molar-refractivity contribution in [1.29, 1.82) is 0 Å². The van der Waals surface area contributed by atoms with Crippen LogP contribution < -0.4 is 10.6 Å². The van der Waals surface area contributed by atoms with Gasteiger partial charge in [-0.05, 0) is 6.42 Å². The summed E-state index contributed by atoms with van der Waals surface area (Å²) in [4.78, 5) is 24.1. The van der Waals surface area contributed by atoms with E-state index in [0.29, 0.717) is 0 Å². The summed E-state index contributed by atoms with van der Waals surface area (Å²) in [6.45, 7) is 0.835. The van der Waals surface area contributed by atoms with E-state index in [1.807, 2.05) is 0 Å². The Morgan fingerprint density at radius 1 is 1.42 bits per heavy atom. The van der Waals surface area contributed by atoms with Crippen LogP contribution in [-0.4, -0.2) is 41.5 Å². The molecule has 3 atom stereocenters. The van der Waals surface area contributed by atoms with E-state index >= 15 is 0 Å². The Morgan fingerprint density at radius 3 is 3.00 bits per heavy atom. The molecule has 3 amide bonds. The minimum atomic E-state index is -0.226. The fourth-order valence-corrected chi connectivity index (χ4v) is 2.47. The maximum absolute atomic E-state index is 11.2. The van der Waals surface area contributed by atoms with E-state index in [2.05, 4.69) is 10.6 Å². The molecule has 0 spiro atoms. The number of hydrogen-bond acceptors (Lipinski definition) is 3. The topological polar surface area (TPSA) is 61.4 Å². The summed E-state index contributed by atoms with van der Waals surface area (Å²) in [5.41, 5.74) is 0. The number of hydrogen-bond donors (Lipinski definition) is 2. The van der Waals surface area contributed by atoms with E-state index in [1.54, 1.807) is 4.90 Å². The lowest BCUT2D eigenvalue weighted by Crippen LogP contribution is -2.51. The lowest BCUT2D eigenvalue weighted by molar-refractivity contribution is -0.121. The molecule has 0 radical (unpaired) electrons. The second-order valence-corrected chi connectivity index (χ2v) is 3.55. The van der Waals surface area contributed by atoms with Gasteiger partial charge in [-0.3, -0.25) is 10.1 Å².